The van der Waals surface area contributed by atoms with Crippen LogP contribution in [0.1, 0.15) is 25.5 Å². The minimum Gasteiger partial charge on any atom is -0.321 e. The largest absolute Gasteiger partial charge is 0.321 e. The van der Waals surface area contributed by atoms with Crippen molar-refractivity contribution in [2.75, 3.05) is 0 Å². The number of allylic oxidation sites excluding steroid dienone is 1. The fraction of sp³-hybridized carbons (Fsp3) is 0.273. The van der Waals surface area contributed by atoms with Crippen molar-refractivity contribution < 1.29 is 0 Å². The van der Waals surface area contributed by atoms with E-state index in [-0.39, 0.29) is 6.04 Å². The average molecular weight is 161 g/mol. The van der Waals surface area contributed by atoms with Crippen LogP contribution in [0.3, 0.4) is 0 Å². The first kappa shape index (κ1) is 9.01. The molecule has 0 saturated heterocycles. The molecule has 0 radical (unpaired) electrons. The Balaban J connectivity index is 2.86. The monoisotopic (exact) mass is 161 g/mol. The molecule has 64 valence electrons. The van der Waals surface area contributed by atoms with Crippen LogP contribution in [-0.2, 0) is 0 Å². The molecule has 1 nitrogen and oxygen atoms in total. The van der Waals surface area contributed by atoms with Gasteiger partial charge in [-0.05, 0) is 19.4 Å². The van der Waals surface area contributed by atoms with Gasteiger partial charge in [0.25, 0.3) is 0 Å². The smallest absolute Gasteiger partial charge is 0.0508 e. The Bertz CT molecular complexity index is 262. The van der Waals surface area contributed by atoms with E-state index in [1.165, 1.54) is 11.1 Å². The van der Waals surface area contributed by atoms with Crippen LogP contribution in [0.15, 0.2) is 42.0 Å². The minimum absolute atomic E-state index is 0.0520. The van der Waals surface area contributed by atoms with Crippen LogP contribution in [0, 0.1) is 0 Å². The molecule has 0 spiro atoms. The van der Waals surface area contributed by atoms with Crippen molar-refractivity contribution in [2.24, 2.45) is 5.73 Å². The maximum Gasteiger partial charge on any atom is 0.0508 e. The van der Waals surface area contributed by atoms with Crippen LogP contribution in [0.4, 0.5) is 0 Å². The predicted molar refractivity (Wildman–Crippen MR) is 52.8 cm³/mol. The molecular formula is C11H15N. The fourth-order valence-electron chi connectivity index (χ4n) is 1.10. The topological polar surface area (TPSA) is 26.0 Å². The number of hydrogen-bond acceptors (Lipinski definition) is 1. The van der Waals surface area contributed by atoms with Gasteiger partial charge in [0.05, 0.1) is 6.04 Å². The first-order chi connectivity index (χ1) is 5.75. The van der Waals surface area contributed by atoms with E-state index in [2.05, 4.69) is 25.1 Å². The van der Waals surface area contributed by atoms with Crippen molar-refractivity contribution in [2.45, 2.75) is 19.9 Å². The first-order valence-electron chi connectivity index (χ1n) is 4.19. The molecule has 1 rings (SSSR count). The quantitative estimate of drug-likeness (QED) is 0.663. The molecular weight excluding hydrogens is 146 g/mol. The summed E-state index contributed by atoms with van der Waals surface area (Å²) >= 11 is 0. The maximum atomic E-state index is 5.98. The molecule has 0 amide bonds. The average Bonchev–Trinajstić information content (AvgIpc) is 2.17. The molecule has 1 aromatic carbocycles. The van der Waals surface area contributed by atoms with Gasteiger partial charge in [0.2, 0.25) is 0 Å². The van der Waals surface area contributed by atoms with E-state index < -0.39 is 0 Å². The lowest BCUT2D eigenvalue weighted by Gasteiger charge is -2.11. The van der Waals surface area contributed by atoms with Crippen molar-refractivity contribution in [3.05, 3.63) is 47.5 Å². The van der Waals surface area contributed by atoms with Crippen LogP contribution in [0.5, 0.6) is 0 Å². The summed E-state index contributed by atoms with van der Waals surface area (Å²) in [6.45, 7) is 4.07. The van der Waals surface area contributed by atoms with Crippen molar-refractivity contribution in [1.82, 2.24) is 0 Å². The van der Waals surface area contributed by atoms with Crippen molar-refractivity contribution >= 4 is 0 Å². The molecule has 0 saturated carbocycles. The zero-order chi connectivity index (χ0) is 8.97. The van der Waals surface area contributed by atoms with Crippen LogP contribution in [0.2, 0.25) is 0 Å². The molecule has 0 bridgehead atoms. The standard InChI is InChI=1S/C11H15N/c1-3-9(2)11(12)10-7-5-4-6-8-10/h3-8,11H,12H2,1-2H3/b9-3+/t11-/m1/s1. The van der Waals surface area contributed by atoms with E-state index in [0.29, 0.717) is 0 Å². The summed E-state index contributed by atoms with van der Waals surface area (Å²) < 4.78 is 0. The molecule has 0 heterocycles. The zero-order valence-electron chi connectivity index (χ0n) is 7.62. The van der Waals surface area contributed by atoms with Crippen molar-refractivity contribution in [3.63, 3.8) is 0 Å². The first-order valence-corrected chi connectivity index (χ1v) is 4.19. The van der Waals surface area contributed by atoms with Gasteiger partial charge in [-0.3, -0.25) is 0 Å². The van der Waals surface area contributed by atoms with Gasteiger partial charge in [-0.15, -0.1) is 0 Å². The number of benzene rings is 1. The number of nitrogens with two attached hydrogens (primary N) is 1. The highest BCUT2D eigenvalue weighted by Crippen LogP contribution is 2.17. The van der Waals surface area contributed by atoms with Gasteiger partial charge in [0.15, 0.2) is 0 Å². The highest BCUT2D eigenvalue weighted by Gasteiger charge is 2.04. The van der Waals surface area contributed by atoms with Gasteiger partial charge in [0, 0.05) is 0 Å². The highest BCUT2D eigenvalue weighted by molar-refractivity contribution is 5.26. The van der Waals surface area contributed by atoms with Crippen LogP contribution in [-0.4, -0.2) is 0 Å². The molecule has 1 heteroatoms. The normalized spacial score (nSPS) is 14.4. The third-order valence-electron chi connectivity index (χ3n) is 2.10. The Kier molecular flexibility index (Phi) is 3.06. The Morgan fingerprint density at radius 2 is 1.92 bits per heavy atom. The SMILES string of the molecule is C/C=C(\C)[C@@H](N)c1ccccc1. The summed E-state index contributed by atoms with van der Waals surface area (Å²) in [6.07, 6.45) is 2.05. The molecule has 2 N–H and O–H groups in total. The van der Waals surface area contributed by atoms with Crippen LogP contribution < -0.4 is 5.73 Å². The van der Waals surface area contributed by atoms with E-state index in [4.69, 9.17) is 5.73 Å². The van der Waals surface area contributed by atoms with E-state index >= 15 is 0 Å². The van der Waals surface area contributed by atoms with Crippen LogP contribution >= 0.6 is 0 Å². The second-order valence-electron chi connectivity index (χ2n) is 2.92. The Labute approximate surface area is 73.9 Å². The molecule has 0 aliphatic rings. The van der Waals surface area contributed by atoms with Gasteiger partial charge in [-0.2, -0.15) is 0 Å². The van der Waals surface area contributed by atoms with Gasteiger partial charge in [-0.1, -0.05) is 42.0 Å². The van der Waals surface area contributed by atoms with E-state index in [1.807, 2.05) is 25.1 Å². The number of hydrogen-bond donors (Lipinski definition) is 1. The molecule has 0 fully saturated rings. The zero-order valence-corrected chi connectivity index (χ0v) is 7.62. The molecule has 1 atom stereocenters. The third kappa shape index (κ3) is 1.95. The summed E-state index contributed by atoms with van der Waals surface area (Å²) in [5, 5.41) is 0. The van der Waals surface area contributed by atoms with E-state index in [0.717, 1.165) is 0 Å². The summed E-state index contributed by atoms with van der Waals surface area (Å²) in [4.78, 5) is 0. The summed E-state index contributed by atoms with van der Waals surface area (Å²) in [5.74, 6) is 0. The molecule has 0 aromatic heterocycles. The molecule has 12 heavy (non-hydrogen) atoms. The van der Waals surface area contributed by atoms with Gasteiger partial charge >= 0.3 is 0 Å². The Morgan fingerprint density at radius 3 is 2.42 bits per heavy atom. The second kappa shape index (κ2) is 4.07. The second-order valence-corrected chi connectivity index (χ2v) is 2.92. The lowest BCUT2D eigenvalue weighted by molar-refractivity contribution is 0.844. The lowest BCUT2D eigenvalue weighted by atomic mass is 10.0. The third-order valence-corrected chi connectivity index (χ3v) is 2.10. The summed E-state index contributed by atoms with van der Waals surface area (Å²) in [7, 11) is 0. The van der Waals surface area contributed by atoms with Crippen LogP contribution in [0.25, 0.3) is 0 Å². The van der Waals surface area contributed by atoms with Gasteiger partial charge < -0.3 is 5.73 Å². The minimum atomic E-state index is 0.0520. The number of rotatable bonds is 2. The molecule has 0 aliphatic carbocycles. The Morgan fingerprint density at radius 1 is 1.33 bits per heavy atom. The van der Waals surface area contributed by atoms with Crippen molar-refractivity contribution in [1.29, 1.82) is 0 Å². The molecule has 0 unspecified atom stereocenters. The van der Waals surface area contributed by atoms with E-state index in [1.54, 1.807) is 0 Å². The molecule has 1 aromatic rings. The van der Waals surface area contributed by atoms with Gasteiger partial charge in [-0.25, -0.2) is 0 Å². The predicted octanol–water partition coefficient (Wildman–Crippen LogP) is 2.65. The highest BCUT2D eigenvalue weighted by atomic mass is 14.6. The maximum absolute atomic E-state index is 5.98. The molecule has 0 aliphatic heterocycles. The lowest BCUT2D eigenvalue weighted by Crippen LogP contribution is -2.10. The van der Waals surface area contributed by atoms with Crippen molar-refractivity contribution in [3.8, 4) is 0 Å². The Hall–Kier alpha value is -1.08. The summed E-state index contributed by atoms with van der Waals surface area (Å²) in [5.41, 5.74) is 8.36. The summed E-state index contributed by atoms with van der Waals surface area (Å²) in [6, 6.07) is 10.2. The van der Waals surface area contributed by atoms with E-state index in [9.17, 15) is 0 Å². The van der Waals surface area contributed by atoms with Gasteiger partial charge in [0.1, 0.15) is 0 Å². The fourth-order valence-corrected chi connectivity index (χ4v) is 1.10.